The molecule has 1 atom stereocenters. The van der Waals surface area contributed by atoms with Crippen molar-refractivity contribution in [3.63, 3.8) is 0 Å². The molecule has 0 aliphatic carbocycles. The first-order valence-corrected chi connectivity index (χ1v) is 8.37. The van der Waals surface area contributed by atoms with Crippen LogP contribution in [0.15, 0.2) is 42.6 Å². The molecule has 3 rings (SSSR count). The van der Waals surface area contributed by atoms with Crippen LogP contribution in [0.2, 0.25) is 0 Å². The summed E-state index contributed by atoms with van der Waals surface area (Å²) in [6.45, 7) is 4.06. The largest absolute Gasteiger partial charge is 0.497 e. The molecule has 7 heteroatoms. The van der Waals surface area contributed by atoms with Crippen molar-refractivity contribution < 1.29 is 14.3 Å². The second kappa shape index (κ2) is 7.43. The Morgan fingerprint density at radius 3 is 2.62 bits per heavy atom. The molecule has 0 aliphatic rings. The third-order valence-corrected chi connectivity index (χ3v) is 4.22. The quantitative estimate of drug-likeness (QED) is 0.736. The van der Waals surface area contributed by atoms with Gasteiger partial charge in [0.1, 0.15) is 11.5 Å². The van der Waals surface area contributed by atoms with Gasteiger partial charge in [0.05, 0.1) is 25.8 Å². The molecule has 1 aromatic carbocycles. The zero-order valence-corrected chi connectivity index (χ0v) is 15.3. The first kappa shape index (κ1) is 17.7. The first-order chi connectivity index (χ1) is 12.5. The van der Waals surface area contributed by atoms with Crippen LogP contribution in [0.3, 0.4) is 0 Å². The van der Waals surface area contributed by atoms with Gasteiger partial charge in [0.2, 0.25) is 0 Å². The summed E-state index contributed by atoms with van der Waals surface area (Å²) in [6, 6.07) is 10.5. The van der Waals surface area contributed by atoms with Crippen molar-refractivity contribution in [3.8, 4) is 11.5 Å². The smallest absolute Gasteiger partial charge is 0.255 e. The molecule has 0 fully saturated rings. The Bertz CT molecular complexity index is 920. The zero-order valence-electron chi connectivity index (χ0n) is 15.3. The molecule has 136 valence electrons. The number of hydrogen-bond acceptors (Lipinski definition) is 5. The minimum absolute atomic E-state index is 0.121. The number of hydrogen-bond donors (Lipinski definition) is 1. The maximum atomic E-state index is 12.9. The Balaban J connectivity index is 1.93. The van der Waals surface area contributed by atoms with Gasteiger partial charge < -0.3 is 14.8 Å². The molecule has 2 heterocycles. The molecule has 2 aromatic heterocycles. The van der Waals surface area contributed by atoms with Crippen molar-refractivity contribution >= 4 is 11.6 Å². The van der Waals surface area contributed by atoms with Crippen molar-refractivity contribution in [2.75, 3.05) is 14.2 Å². The van der Waals surface area contributed by atoms with Crippen LogP contribution in [0.5, 0.6) is 11.5 Å². The number of pyridine rings is 1. The average Bonchev–Trinajstić information content (AvgIpc) is 3.08. The lowest BCUT2D eigenvalue weighted by Gasteiger charge is -2.21. The highest BCUT2D eigenvalue weighted by Gasteiger charge is 2.25. The Hall–Kier alpha value is -3.09. The standard InChI is InChI=1S/C19H22N4O3/c1-12(2)17(18-22-21-16-7-5-6-10-23(16)18)20-19(24)14-9-8-13(25-3)11-15(14)26-4/h5-12,17H,1-4H3,(H,20,24)/t17-/m1/s1. The summed E-state index contributed by atoms with van der Waals surface area (Å²) < 4.78 is 12.4. The fourth-order valence-corrected chi connectivity index (χ4v) is 2.81. The Labute approximate surface area is 152 Å². The van der Waals surface area contributed by atoms with E-state index < -0.39 is 0 Å². The van der Waals surface area contributed by atoms with Crippen LogP contribution in [0.25, 0.3) is 5.65 Å². The lowest BCUT2D eigenvalue weighted by atomic mass is 10.0. The highest BCUT2D eigenvalue weighted by molar-refractivity contribution is 5.97. The summed E-state index contributed by atoms with van der Waals surface area (Å²) >= 11 is 0. The molecule has 0 bridgehead atoms. The van der Waals surface area contributed by atoms with Crippen LogP contribution in [0.1, 0.15) is 36.1 Å². The van der Waals surface area contributed by atoms with E-state index in [2.05, 4.69) is 15.5 Å². The summed E-state index contributed by atoms with van der Waals surface area (Å²) in [7, 11) is 3.09. The van der Waals surface area contributed by atoms with E-state index in [4.69, 9.17) is 9.47 Å². The minimum Gasteiger partial charge on any atom is -0.497 e. The van der Waals surface area contributed by atoms with Crippen molar-refractivity contribution in [1.29, 1.82) is 0 Å². The summed E-state index contributed by atoms with van der Waals surface area (Å²) in [6.07, 6.45) is 1.89. The number of carbonyl (C=O) groups is 1. The van der Waals surface area contributed by atoms with Crippen molar-refractivity contribution in [3.05, 3.63) is 54.0 Å². The molecule has 0 saturated heterocycles. The molecule has 3 aromatic rings. The van der Waals surface area contributed by atoms with Crippen LogP contribution in [0, 0.1) is 5.92 Å². The van der Waals surface area contributed by atoms with Gasteiger partial charge in [0, 0.05) is 12.3 Å². The predicted molar refractivity (Wildman–Crippen MR) is 97.6 cm³/mol. The van der Waals surface area contributed by atoms with Gasteiger partial charge in [-0.25, -0.2) is 0 Å². The fraction of sp³-hybridized carbons (Fsp3) is 0.316. The van der Waals surface area contributed by atoms with E-state index in [0.29, 0.717) is 22.9 Å². The van der Waals surface area contributed by atoms with E-state index >= 15 is 0 Å². The molecule has 0 spiro atoms. The monoisotopic (exact) mass is 354 g/mol. The third-order valence-electron chi connectivity index (χ3n) is 4.22. The number of rotatable bonds is 6. The van der Waals surface area contributed by atoms with Crippen LogP contribution < -0.4 is 14.8 Å². The second-order valence-electron chi connectivity index (χ2n) is 6.25. The maximum absolute atomic E-state index is 12.9. The molecule has 0 unspecified atom stereocenters. The van der Waals surface area contributed by atoms with E-state index in [1.165, 1.54) is 7.11 Å². The molecule has 26 heavy (non-hydrogen) atoms. The highest BCUT2D eigenvalue weighted by Crippen LogP contribution is 2.27. The Kier molecular flexibility index (Phi) is 5.06. The molecule has 0 saturated carbocycles. The number of fused-ring (bicyclic) bond motifs is 1. The first-order valence-electron chi connectivity index (χ1n) is 8.37. The van der Waals surface area contributed by atoms with Crippen LogP contribution in [-0.4, -0.2) is 34.7 Å². The maximum Gasteiger partial charge on any atom is 0.255 e. The van der Waals surface area contributed by atoms with Gasteiger partial charge in [0.25, 0.3) is 5.91 Å². The number of aromatic nitrogens is 3. The van der Waals surface area contributed by atoms with Crippen molar-refractivity contribution in [1.82, 2.24) is 19.9 Å². The van der Waals surface area contributed by atoms with Gasteiger partial charge in [0.15, 0.2) is 11.5 Å². The number of nitrogens with one attached hydrogen (secondary N) is 1. The summed E-state index contributed by atoms with van der Waals surface area (Å²) in [5.41, 5.74) is 1.18. The molecular weight excluding hydrogens is 332 g/mol. The third kappa shape index (κ3) is 3.33. The average molecular weight is 354 g/mol. The second-order valence-corrected chi connectivity index (χ2v) is 6.25. The normalized spacial score (nSPS) is 12.2. The van der Waals surface area contributed by atoms with E-state index in [1.54, 1.807) is 25.3 Å². The van der Waals surface area contributed by atoms with Gasteiger partial charge >= 0.3 is 0 Å². The number of nitrogens with zero attached hydrogens (tertiary/aromatic N) is 3. The fourth-order valence-electron chi connectivity index (χ4n) is 2.81. The summed E-state index contributed by atoms with van der Waals surface area (Å²) in [4.78, 5) is 12.9. The van der Waals surface area contributed by atoms with E-state index in [0.717, 1.165) is 5.65 Å². The molecule has 0 radical (unpaired) electrons. The van der Waals surface area contributed by atoms with Gasteiger partial charge in [-0.15, -0.1) is 10.2 Å². The molecule has 7 nitrogen and oxygen atoms in total. The van der Waals surface area contributed by atoms with Crippen LogP contribution in [0.4, 0.5) is 0 Å². The zero-order chi connectivity index (χ0) is 18.7. The topological polar surface area (TPSA) is 77.8 Å². The Morgan fingerprint density at radius 2 is 1.92 bits per heavy atom. The Morgan fingerprint density at radius 1 is 1.12 bits per heavy atom. The number of amides is 1. The lowest BCUT2D eigenvalue weighted by Crippen LogP contribution is -2.33. The van der Waals surface area contributed by atoms with Gasteiger partial charge in [-0.3, -0.25) is 9.20 Å². The predicted octanol–water partition coefficient (Wildman–Crippen LogP) is 2.87. The molecule has 0 aliphatic heterocycles. The molecular formula is C19H22N4O3. The summed E-state index contributed by atoms with van der Waals surface area (Å²) in [5.74, 6) is 1.65. The van der Waals surface area contributed by atoms with Gasteiger partial charge in [-0.1, -0.05) is 19.9 Å². The van der Waals surface area contributed by atoms with Gasteiger partial charge in [-0.2, -0.15) is 0 Å². The van der Waals surface area contributed by atoms with E-state index in [-0.39, 0.29) is 17.9 Å². The van der Waals surface area contributed by atoms with Crippen molar-refractivity contribution in [2.45, 2.75) is 19.9 Å². The van der Waals surface area contributed by atoms with Gasteiger partial charge in [-0.05, 0) is 30.2 Å². The summed E-state index contributed by atoms with van der Waals surface area (Å²) in [5, 5.41) is 11.5. The van der Waals surface area contributed by atoms with E-state index in [1.807, 2.05) is 42.6 Å². The number of methoxy groups -OCH3 is 2. The minimum atomic E-state index is -0.299. The highest BCUT2D eigenvalue weighted by atomic mass is 16.5. The van der Waals surface area contributed by atoms with Crippen LogP contribution >= 0.6 is 0 Å². The number of carbonyl (C=O) groups excluding carboxylic acids is 1. The molecule has 1 N–H and O–H groups in total. The lowest BCUT2D eigenvalue weighted by molar-refractivity contribution is 0.0919. The van der Waals surface area contributed by atoms with Crippen molar-refractivity contribution in [2.24, 2.45) is 5.92 Å². The van der Waals surface area contributed by atoms with E-state index in [9.17, 15) is 4.79 Å². The molecule has 1 amide bonds. The number of ether oxygens (including phenoxy) is 2. The SMILES string of the molecule is COc1ccc(C(=O)N[C@@H](c2nnc3ccccn23)C(C)C)c(OC)c1. The number of benzene rings is 1. The van der Waals surface area contributed by atoms with Crippen LogP contribution in [-0.2, 0) is 0 Å².